The Bertz CT molecular complexity index is 408. The minimum atomic E-state index is -0.0772. The first kappa shape index (κ1) is 15.3. The van der Waals surface area contributed by atoms with Gasteiger partial charge in [-0.25, -0.2) is 0 Å². The molecule has 0 amide bonds. The van der Waals surface area contributed by atoms with E-state index in [2.05, 4.69) is 24.1 Å². The number of aliphatic hydroxyl groups excluding tert-OH is 1. The molecule has 1 fully saturated rings. The summed E-state index contributed by atoms with van der Waals surface area (Å²) in [6.07, 6.45) is 5.44. The molecule has 0 heterocycles. The summed E-state index contributed by atoms with van der Waals surface area (Å²) in [6, 6.07) is 8.24. The molecule has 0 aliphatic heterocycles. The topological polar surface area (TPSA) is 32.7 Å². The normalized spacial score (nSPS) is 22.4. The molecule has 0 bridgehead atoms. The third kappa shape index (κ3) is 4.22. The number of hydrogen-bond donors (Lipinski definition) is 1. The Morgan fingerprint density at radius 2 is 2.10 bits per heavy atom. The molecular formula is C17H27NO2. The summed E-state index contributed by atoms with van der Waals surface area (Å²) in [4.78, 5) is 2.36. The van der Waals surface area contributed by atoms with Crippen LogP contribution in [0.3, 0.4) is 0 Å². The van der Waals surface area contributed by atoms with Gasteiger partial charge in [-0.3, -0.25) is 0 Å². The van der Waals surface area contributed by atoms with Crippen LogP contribution >= 0.6 is 0 Å². The monoisotopic (exact) mass is 277 g/mol. The highest BCUT2D eigenvalue weighted by Gasteiger charge is 2.25. The number of aliphatic hydroxyl groups is 1. The molecule has 1 aliphatic rings. The molecule has 0 spiro atoms. The highest BCUT2D eigenvalue weighted by Crippen LogP contribution is 2.26. The van der Waals surface area contributed by atoms with Crippen molar-refractivity contribution in [2.75, 3.05) is 27.2 Å². The van der Waals surface area contributed by atoms with E-state index in [4.69, 9.17) is 4.74 Å². The van der Waals surface area contributed by atoms with E-state index in [1.807, 2.05) is 12.1 Å². The third-order valence-electron chi connectivity index (χ3n) is 4.34. The Hall–Kier alpha value is -1.06. The van der Waals surface area contributed by atoms with Crippen LogP contribution < -0.4 is 4.74 Å². The number of nitrogens with zero attached hydrogens (tertiary/aromatic N) is 1. The minimum absolute atomic E-state index is 0.0772. The fourth-order valence-corrected chi connectivity index (χ4v) is 3.17. The largest absolute Gasteiger partial charge is 0.496 e. The molecule has 0 saturated heterocycles. The highest BCUT2D eigenvalue weighted by atomic mass is 16.5. The molecule has 112 valence electrons. The molecule has 1 aromatic rings. The van der Waals surface area contributed by atoms with Crippen molar-refractivity contribution in [3.8, 4) is 5.75 Å². The van der Waals surface area contributed by atoms with Crippen molar-refractivity contribution in [3.63, 3.8) is 0 Å². The van der Waals surface area contributed by atoms with Gasteiger partial charge in [0.1, 0.15) is 5.75 Å². The van der Waals surface area contributed by atoms with Gasteiger partial charge < -0.3 is 14.7 Å². The van der Waals surface area contributed by atoms with Crippen molar-refractivity contribution in [1.29, 1.82) is 0 Å². The first-order valence-electron chi connectivity index (χ1n) is 7.69. The van der Waals surface area contributed by atoms with Gasteiger partial charge in [0.25, 0.3) is 0 Å². The Morgan fingerprint density at radius 3 is 2.80 bits per heavy atom. The van der Waals surface area contributed by atoms with E-state index in [9.17, 15) is 5.11 Å². The smallest absolute Gasteiger partial charge is 0.122 e. The molecule has 3 heteroatoms. The second-order valence-electron chi connectivity index (χ2n) is 5.94. The van der Waals surface area contributed by atoms with Crippen LogP contribution in [0, 0.1) is 5.92 Å². The number of rotatable bonds is 7. The summed E-state index contributed by atoms with van der Waals surface area (Å²) >= 11 is 0. The van der Waals surface area contributed by atoms with Crippen molar-refractivity contribution in [2.24, 2.45) is 5.92 Å². The lowest BCUT2D eigenvalue weighted by Gasteiger charge is -2.23. The average molecular weight is 277 g/mol. The molecule has 3 nitrogen and oxygen atoms in total. The number of aryl methyl sites for hydroxylation is 1. The maximum atomic E-state index is 9.87. The van der Waals surface area contributed by atoms with Crippen LogP contribution in [0.25, 0.3) is 0 Å². The first-order valence-corrected chi connectivity index (χ1v) is 7.69. The number of methoxy groups -OCH3 is 1. The predicted molar refractivity (Wildman–Crippen MR) is 82.2 cm³/mol. The molecule has 2 rings (SSSR count). The summed E-state index contributed by atoms with van der Waals surface area (Å²) in [7, 11) is 3.89. The molecule has 1 saturated carbocycles. The zero-order chi connectivity index (χ0) is 14.4. The molecule has 1 N–H and O–H groups in total. The second-order valence-corrected chi connectivity index (χ2v) is 5.94. The lowest BCUT2D eigenvalue weighted by Crippen LogP contribution is -2.30. The highest BCUT2D eigenvalue weighted by molar-refractivity contribution is 5.33. The van der Waals surface area contributed by atoms with Gasteiger partial charge in [0.2, 0.25) is 0 Å². The van der Waals surface area contributed by atoms with Crippen LogP contribution in [0.5, 0.6) is 5.75 Å². The van der Waals surface area contributed by atoms with Gasteiger partial charge in [-0.2, -0.15) is 0 Å². The second kappa shape index (κ2) is 7.65. The maximum Gasteiger partial charge on any atom is 0.122 e. The summed E-state index contributed by atoms with van der Waals surface area (Å²) in [5.74, 6) is 1.47. The zero-order valence-electron chi connectivity index (χ0n) is 12.7. The van der Waals surface area contributed by atoms with Gasteiger partial charge in [-0.1, -0.05) is 24.6 Å². The van der Waals surface area contributed by atoms with Crippen molar-refractivity contribution >= 4 is 0 Å². The number of para-hydroxylation sites is 1. The predicted octanol–water partition coefficient (Wildman–Crippen LogP) is 2.72. The Balaban J connectivity index is 1.72. The molecule has 2 unspecified atom stereocenters. The summed E-state index contributed by atoms with van der Waals surface area (Å²) < 4.78 is 5.38. The van der Waals surface area contributed by atoms with Gasteiger partial charge in [0.15, 0.2) is 0 Å². The Labute approximate surface area is 122 Å². The lowest BCUT2D eigenvalue weighted by atomic mass is 10.0. The van der Waals surface area contributed by atoms with E-state index >= 15 is 0 Å². The van der Waals surface area contributed by atoms with E-state index in [1.54, 1.807) is 7.11 Å². The quantitative estimate of drug-likeness (QED) is 0.832. The standard InChI is InChI=1S/C17H27NO2/c1-18(13-15-8-5-10-16(15)19)12-6-9-14-7-3-4-11-17(14)20-2/h3-4,7,11,15-16,19H,5-6,8-10,12-13H2,1-2H3. The third-order valence-corrected chi connectivity index (χ3v) is 4.34. The molecular weight excluding hydrogens is 250 g/mol. The van der Waals surface area contributed by atoms with E-state index in [-0.39, 0.29) is 6.10 Å². The van der Waals surface area contributed by atoms with Gasteiger partial charge in [-0.15, -0.1) is 0 Å². The van der Waals surface area contributed by atoms with Gasteiger partial charge in [0.05, 0.1) is 13.2 Å². The lowest BCUT2D eigenvalue weighted by molar-refractivity contribution is 0.109. The average Bonchev–Trinajstić information content (AvgIpc) is 2.85. The summed E-state index contributed by atoms with van der Waals surface area (Å²) in [5, 5.41) is 9.87. The van der Waals surface area contributed by atoms with E-state index < -0.39 is 0 Å². The number of benzene rings is 1. The Kier molecular flexibility index (Phi) is 5.86. The summed E-state index contributed by atoms with van der Waals surface area (Å²) in [6.45, 7) is 2.09. The maximum absolute atomic E-state index is 9.87. The zero-order valence-corrected chi connectivity index (χ0v) is 12.7. The minimum Gasteiger partial charge on any atom is -0.496 e. The van der Waals surface area contributed by atoms with E-state index in [1.165, 1.54) is 18.4 Å². The van der Waals surface area contributed by atoms with Gasteiger partial charge in [0, 0.05) is 6.54 Å². The van der Waals surface area contributed by atoms with Crippen molar-refractivity contribution < 1.29 is 9.84 Å². The van der Waals surface area contributed by atoms with Crippen LogP contribution in [0.15, 0.2) is 24.3 Å². The molecule has 2 atom stereocenters. The van der Waals surface area contributed by atoms with Gasteiger partial charge in [-0.05, 0) is 56.8 Å². The van der Waals surface area contributed by atoms with Crippen LogP contribution in [0.4, 0.5) is 0 Å². The van der Waals surface area contributed by atoms with E-state index in [0.717, 1.165) is 38.1 Å². The van der Waals surface area contributed by atoms with Crippen LogP contribution in [-0.4, -0.2) is 43.4 Å². The molecule has 20 heavy (non-hydrogen) atoms. The molecule has 0 radical (unpaired) electrons. The summed E-state index contributed by atoms with van der Waals surface area (Å²) in [5.41, 5.74) is 1.28. The number of ether oxygens (including phenoxy) is 1. The fourth-order valence-electron chi connectivity index (χ4n) is 3.17. The SMILES string of the molecule is COc1ccccc1CCCN(C)CC1CCCC1O. The van der Waals surface area contributed by atoms with E-state index in [0.29, 0.717) is 5.92 Å². The molecule has 1 aliphatic carbocycles. The van der Waals surface area contributed by atoms with Crippen LogP contribution in [0.2, 0.25) is 0 Å². The first-order chi connectivity index (χ1) is 9.70. The Morgan fingerprint density at radius 1 is 1.30 bits per heavy atom. The number of hydrogen-bond acceptors (Lipinski definition) is 3. The molecule has 0 aromatic heterocycles. The fraction of sp³-hybridized carbons (Fsp3) is 0.647. The van der Waals surface area contributed by atoms with Crippen LogP contribution in [-0.2, 0) is 6.42 Å². The van der Waals surface area contributed by atoms with Crippen molar-refractivity contribution in [3.05, 3.63) is 29.8 Å². The van der Waals surface area contributed by atoms with Crippen molar-refractivity contribution in [2.45, 2.75) is 38.2 Å². The molecule has 1 aromatic carbocycles. The van der Waals surface area contributed by atoms with Gasteiger partial charge >= 0.3 is 0 Å². The van der Waals surface area contributed by atoms with Crippen LogP contribution in [0.1, 0.15) is 31.2 Å². The van der Waals surface area contributed by atoms with Crippen molar-refractivity contribution in [1.82, 2.24) is 4.90 Å².